The molecule has 0 radical (unpaired) electrons. The normalized spacial score (nSPS) is 15.2. The molecule has 1 aliphatic heterocycles. The lowest BCUT2D eigenvalue weighted by molar-refractivity contribution is -0.148. The summed E-state index contributed by atoms with van der Waals surface area (Å²) in [5, 5.41) is 3.18. The molecular weight excluding hydrogens is 372 g/mol. The summed E-state index contributed by atoms with van der Waals surface area (Å²) in [6.07, 6.45) is -0.0207. The van der Waals surface area contributed by atoms with Gasteiger partial charge in [-0.3, -0.25) is 24.1 Å². The minimum atomic E-state index is -0.664. The first-order valence-electron chi connectivity index (χ1n) is 8.84. The third-order valence-corrected chi connectivity index (χ3v) is 4.42. The summed E-state index contributed by atoms with van der Waals surface area (Å²) in [6, 6.07) is 6.24. The number of ether oxygens (including phenoxy) is 1. The molecule has 1 aromatic carbocycles. The number of carbonyl (C=O) groups is 4. The number of halogens is 1. The number of imide groups is 1. The molecule has 1 heterocycles. The molecule has 0 spiro atoms. The highest BCUT2D eigenvalue weighted by Gasteiger charge is 2.29. The van der Waals surface area contributed by atoms with Crippen molar-refractivity contribution in [2.45, 2.75) is 51.7 Å². The molecule has 1 atom stereocenters. The quantitative estimate of drug-likeness (QED) is 0.539. The first-order chi connectivity index (χ1) is 12.8. The minimum absolute atomic E-state index is 0.0230. The Morgan fingerprint density at radius 3 is 2.41 bits per heavy atom. The van der Waals surface area contributed by atoms with Crippen LogP contribution in [0.3, 0.4) is 0 Å². The van der Waals surface area contributed by atoms with Crippen LogP contribution in [0.25, 0.3) is 0 Å². The maximum atomic E-state index is 12.4. The molecule has 0 aromatic heterocycles. The van der Waals surface area contributed by atoms with Gasteiger partial charge >= 0.3 is 5.97 Å². The van der Waals surface area contributed by atoms with Crippen LogP contribution in [0, 0.1) is 0 Å². The van der Waals surface area contributed by atoms with Crippen molar-refractivity contribution in [3.63, 3.8) is 0 Å². The molecule has 0 saturated carbocycles. The summed E-state index contributed by atoms with van der Waals surface area (Å²) in [5.41, 5.74) is 0.599. The van der Waals surface area contributed by atoms with Gasteiger partial charge in [0.15, 0.2) is 0 Å². The minimum Gasteiger partial charge on any atom is -0.463 e. The van der Waals surface area contributed by atoms with Crippen molar-refractivity contribution in [3.05, 3.63) is 34.9 Å². The van der Waals surface area contributed by atoms with Crippen LogP contribution in [0.4, 0.5) is 0 Å². The SMILES string of the molecule is CC(C)OC(=O)CC(NC(=O)CCN1C(=O)CCC1=O)c1ccccc1Cl. The van der Waals surface area contributed by atoms with Gasteiger partial charge in [0, 0.05) is 30.8 Å². The lowest BCUT2D eigenvalue weighted by atomic mass is 10.0. The second-order valence-corrected chi connectivity index (χ2v) is 6.98. The molecule has 1 unspecified atom stereocenters. The molecule has 2 rings (SSSR count). The number of benzene rings is 1. The van der Waals surface area contributed by atoms with Crippen molar-refractivity contribution in [3.8, 4) is 0 Å². The molecule has 7 nitrogen and oxygen atoms in total. The van der Waals surface area contributed by atoms with E-state index in [9.17, 15) is 19.2 Å². The van der Waals surface area contributed by atoms with E-state index in [0.29, 0.717) is 10.6 Å². The van der Waals surface area contributed by atoms with Crippen LogP contribution < -0.4 is 5.32 Å². The lowest BCUT2D eigenvalue weighted by Crippen LogP contribution is -2.36. The Morgan fingerprint density at radius 1 is 1.19 bits per heavy atom. The van der Waals surface area contributed by atoms with Crippen LogP contribution in [0.5, 0.6) is 0 Å². The fourth-order valence-corrected chi connectivity index (χ4v) is 3.09. The Bertz CT molecular complexity index is 719. The second-order valence-electron chi connectivity index (χ2n) is 6.57. The number of rotatable bonds is 8. The molecular formula is C19H23ClN2O5. The summed E-state index contributed by atoms with van der Waals surface area (Å²) >= 11 is 6.21. The molecule has 1 aliphatic rings. The van der Waals surface area contributed by atoms with Gasteiger partial charge in [-0.05, 0) is 25.5 Å². The van der Waals surface area contributed by atoms with Crippen molar-refractivity contribution >= 4 is 35.3 Å². The highest BCUT2D eigenvalue weighted by molar-refractivity contribution is 6.31. The number of esters is 1. The van der Waals surface area contributed by atoms with Crippen LogP contribution in [-0.2, 0) is 23.9 Å². The third kappa shape index (κ3) is 6.06. The van der Waals surface area contributed by atoms with E-state index in [2.05, 4.69) is 5.32 Å². The number of hydrogen-bond donors (Lipinski definition) is 1. The first-order valence-corrected chi connectivity index (χ1v) is 9.22. The number of nitrogens with one attached hydrogen (secondary N) is 1. The molecule has 8 heteroatoms. The predicted octanol–water partition coefficient (Wildman–Crippen LogP) is 2.38. The zero-order valence-corrected chi connectivity index (χ0v) is 16.1. The van der Waals surface area contributed by atoms with Gasteiger partial charge in [-0.15, -0.1) is 0 Å². The molecule has 27 heavy (non-hydrogen) atoms. The van der Waals surface area contributed by atoms with Gasteiger partial charge in [0.1, 0.15) is 0 Å². The van der Waals surface area contributed by atoms with Crippen LogP contribution >= 0.6 is 11.6 Å². The molecule has 3 amide bonds. The monoisotopic (exact) mass is 394 g/mol. The van der Waals surface area contributed by atoms with E-state index < -0.39 is 12.0 Å². The highest BCUT2D eigenvalue weighted by Crippen LogP contribution is 2.26. The Kier molecular flexibility index (Phi) is 7.36. The highest BCUT2D eigenvalue weighted by atomic mass is 35.5. The fourth-order valence-electron chi connectivity index (χ4n) is 2.83. The number of carbonyl (C=O) groups excluding carboxylic acids is 4. The first kappa shape index (κ1) is 20.9. The molecule has 146 valence electrons. The summed E-state index contributed by atoms with van der Waals surface area (Å²) in [5.74, 6) is -1.38. The Labute approximate surface area is 163 Å². The third-order valence-electron chi connectivity index (χ3n) is 4.07. The molecule has 1 N–H and O–H groups in total. The van der Waals surface area contributed by atoms with E-state index in [4.69, 9.17) is 16.3 Å². The number of nitrogens with zero attached hydrogens (tertiary/aromatic N) is 1. The summed E-state index contributed by atoms with van der Waals surface area (Å²) < 4.78 is 5.16. The standard InChI is InChI=1S/C19H23ClN2O5/c1-12(2)27-19(26)11-15(13-5-3-4-6-14(13)20)21-16(23)9-10-22-17(24)7-8-18(22)25/h3-6,12,15H,7-11H2,1-2H3,(H,21,23). The van der Waals surface area contributed by atoms with E-state index >= 15 is 0 Å². The van der Waals surface area contributed by atoms with Gasteiger partial charge < -0.3 is 10.1 Å². The Morgan fingerprint density at radius 2 is 1.81 bits per heavy atom. The van der Waals surface area contributed by atoms with Crippen LogP contribution in [0.1, 0.15) is 51.1 Å². The molecule has 0 aliphatic carbocycles. The van der Waals surface area contributed by atoms with Crippen molar-refractivity contribution in [1.82, 2.24) is 10.2 Å². The molecule has 1 fully saturated rings. The zero-order valence-electron chi connectivity index (χ0n) is 15.4. The van der Waals surface area contributed by atoms with Gasteiger partial charge in [0.05, 0.1) is 18.6 Å². The molecule has 1 saturated heterocycles. The van der Waals surface area contributed by atoms with E-state index in [1.807, 2.05) is 0 Å². The average molecular weight is 395 g/mol. The Balaban J connectivity index is 2.03. The van der Waals surface area contributed by atoms with Gasteiger partial charge in [0.2, 0.25) is 17.7 Å². The topological polar surface area (TPSA) is 92.8 Å². The number of likely N-dealkylation sites (tertiary alicyclic amines) is 1. The van der Waals surface area contributed by atoms with Crippen molar-refractivity contribution in [2.75, 3.05) is 6.54 Å². The fraction of sp³-hybridized carbons (Fsp3) is 0.474. The number of amides is 3. The van der Waals surface area contributed by atoms with Crippen LogP contribution in [0.2, 0.25) is 5.02 Å². The van der Waals surface area contributed by atoms with E-state index in [-0.39, 0.29) is 56.1 Å². The lowest BCUT2D eigenvalue weighted by Gasteiger charge is -2.21. The summed E-state index contributed by atoms with van der Waals surface area (Å²) in [7, 11) is 0. The van der Waals surface area contributed by atoms with Crippen LogP contribution in [-0.4, -0.2) is 41.2 Å². The van der Waals surface area contributed by atoms with Gasteiger partial charge in [-0.2, -0.15) is 0 Å². The Hall–Kier alpha value is -2.41. The molecule has 0 bridgehead atoms. The predicted molar refractivity (Wildman–Crippen MR) is 98.8 cm³/mol. The van der Waals surface area contributed by atoms with Crippen molar-refractivity contribution in [2.24, 2.45) is 0 Å². The molecule has 1 aromatic rings. The van der Waals surface area contributed by atoms with E-state index in [1.165, 1.54) is 0 Å². The van der Waals surface area contributed by atoms with Crippen molar-refractivity contribution in [1.29, 1.82) is 0 Å². The maximum Gasteiger partial charge on any atom is 0.308 e. The number of hydrogen-bond acceptors (Lipinski definition) is 5. The van der Waals surface area contributed by atoms with Gasteiger partial charge in [0.25, 0.3) is 0 Å². The van der Waals surface area contributed by atoms with Gasteiger partial charge in [-0.25, -0.2) is 0 Å². The summed E-state index contributed by atoms with van der Waals surface area (Å²) in [4.78, 5) is 48.8. The van der Waals surface area contributed by atoms with Crippen molar-refractivity contribution < 1.29 is 23.9 Å². The maximum absolute atomic E-state index is 12.4. The van der Waals surface area contributed by atoms with Crippen LogP contribution in [0.15, 0.2) is 24.3 Å². The van der Waals surface area contributed by atoms with Gasteiger partial charge in [-0.1, -0.05) is 29.8 Å². The summed E-state index contributed by atoms with van der Waals surface area (Å²) in [6.45, 7) is 3.51. The largest absolute Gasteiger partial charge is 0.463 e. The second kappa shape index (κ2) is 9.50. The van der Waals surface area contributed by atoms with E-state index in [0.717, 1.165) is 4.90 Å². The smallest absolute Gasteiger partial charge is 0.308 e. The zero-order chi connectivity index (χ0) is 20.0. The average Bonchev–Trinajstić information content (AvgIpc) is 2.90. The van der Waals surface area contributed by atoms with E-state index in [1.54, 1.807) is 38.1 Å².